The Morgan fingerprint density at radius 1 is 1.30 bits per heavy atom. The van der Waals surface area contributed by atoms with Crippen LogP contribution in [0.3, 0.4) is 0 Å². The summed E-state index contributed by atoms with van der Waals surface area (Å²) in [5.41, 5.74) is 0. The lowest BCUT2D eigenvalue weighted by molar-refractivity contribution is 0.150. The molecule has 1 saturated heterocycles. The molecule has 1 saturated carbocycles. The highest BCUT2D eigenvalue weighted by Gasteiger charge is 2.36. The van der Waals surface area contributed by atoms with E-state index >= 15 is 0 Å². The molecule has 2 aliphatic rings. The highest BCUT2D eigenvalue weighted by Crippen LogP contribution is 2.32. The molecule has 1 aromatic heterocycles. The molecule has 1 atom stereocenters. The number of hydrogen-bond acceptors (Lipinski definition) is 4. The summed E-state index contributed by atoms with van der Waals surface area (Å²) in [7, 11) is -1.70. The molecule has 2 fully saturated rings. The Morgan fingerprint density at radius 3 is 2.61 bits per heavy atom. The van der Waals surface area contributed by atoms with Gasteiger partial charge in [-0.05, 0) is 37.6 Å². The summed E-state index contributed by atoms with van der Waals surface area (Å²) in [4.78, 5) is 6.58. The largest absolute Gasteiger partial charge is 0.339 e. The molecule has 0 aromatic carbocycles. The van der Waals surface area contributed by atoms with Crippen molar-refractivity contribution in [3.63, 3.8) is 0 Å². The van der Waals surface area contributed by atoms with Gasteiger partial charge in [-0.1, -0.05) is 13.8 Å². The van der Waals surface area contributed by atoms with Crippen LogP contribution < -0.4 is 0 Å². The van der Waals surface area contributed by atoms with Crippen LogP contribution in [0.4, 0.5) is 0 Å². The summed E-state index contributed by atoms with van der Waals surface area (Å²) in [5, 5.41) is 0.165. The summed E-state index contributed by atoms with van der Waals surface area (Å²) >= 11 is 0. The minimum absolute atomic E-state index is 0.165. The minimum atomic E-state index is -3.49. The van der Waals surface area contributed by atoms with E-state index in [1.54, 1.807) is 28.4 Å². The molecule has 130 valence electrons. The van der Waals surface area contributed by atoms with Gasteiger partial charge in [-0.3, -0.25) is 4.90 Å². The van der Waals surface area contributed by atoms with E-state index in [0.717, 1.165) is 25.4 Å². The van der Waals surface area contributed by atoms with Crippen LogP contribution in [-0.2, 0) is 17.1 Å². The lowest BCUT2D eigenvalue weighted by Crippen LogP contribution is -2.46. The smallest absolute Gasteiger partial charge is 0.262 e. The van der Waals surface area contributed by atoms with Gasteiger partial charge in [0.2, 0.25) is 0 Å². The number of nitrogens with zero attached hydrogens (tertiary/aromatic N) is 4. The first-order chi connectivity index (χ1) is 10.9. The molecule has 6 nitrogen and oxygen atoms in total. The first-order valence-electron chi connectivity index (χ1n) is 8.60. The maximum absolute atomic E-state index is 12.9. The third-order valence-electron chi connectivity index (χ3n) is 4.96. The zero-order valence-corrected chi connectivity index (χ0v) is 15.2. The van der Waals surface area contributed by atoms with Crippen molar-refractivity contribution in [2.75, 3.05) is 26.2 Å². The highest BCUT2D eigenvalue weighted by atomic mass is 32.2. The van der Waals surface area contributed by atoms with Crippen molar-refractivity contribution in [2.45, 2.75) is 44.2 Å². The van der Waals surface area contributed by atoms with Gasteiger partial charge in [-0.2, -0.15) is 4.31 Å². The fourth-order valence-corrected chi connectivity index (χ4v) is 4.86. The molecule has 1 aliphatic carbocycles. The molecule has 23 heavy (non-hydrogen) atoms. The number of aromatic nitrogens is 2. The molecule has 0 unspecified atom stereocenters. The lowest BCUT2D eigenvalue weighted by Gasteiger charge is -2.34. The number of sulfonamides is 1. The Bertz CT molecular complexity index is 636. The van der Waals surface area contributed by atoms with Crippen LogP contribution in [0.1, 0.15) is 33.1 Å². The Morgan fingerprint density at radius 2 is 2.04 bits per heavy atom. The van der Waals surface area contributed by atoms with Crippen molar-refractivity contribution >= 4 is 10.0 Å². The van der Waals surface area contributed by atoms with E-state index < -0.39 is 10.0 Å². The van der Waals surface area contributed by atoms with Gasteiger partial charge < -0.3 is 4.57 Å². The zero-order chi connectivity index (χ0) is 16.6. The normalized spacial score (nSPS) is 25.0. The van der Waals surface area contributed by atoms with Crippen LogP contribution in [0.2, 0.25) is 0 Å². The SMILES string of the molecule is CC(C)[C@H]1CN(S(=O)(=O)c2cn(C)cn2)CCCN1CC1CC1. The molecule has 3 rings (SSSR count). The van der Waals surface area contributed by atoms with Crippen LogP contribution >= 0.6 is 0 Å². The number of imidazole rings is 1. The molecule has 0 spiro atoms. The van der Waals surface area contributed by atoms with Crippen molar-refractivity contribution in [2.24, 2.45) is 18.9 Å². The molecule has 1 aromatic rings. The van der Waals surface area contributed by atoms with Crippen LogP contribution in [-0.4, -0.2) is 59.4 Å². The zero-order valence-electron chi connectivity index (χ0n) is 14.4. The average molecular weight is 340 g/mol. The second-order valence-corrected chi connectivity index (χ2v) is 9.23. The fourth-order valence-electron chi connectivity index (χ4n) is 3.40. The molecule has 7 heteroatoms. The Balaban J connectivity index is 1.80. The third kappa shape index (κ3) is 3.78. The van der Waals surface area contributed by atoms with E-state index in [9.17, 15) is 8.42 Å². The predicted octanol–water partition coefficient (Wildman–Crippen LogP) is 1.55. The molecular formula is C16H28N4O2S. The fraction of sp³-hybridized carbons (Fsp3) is 0.812. The Labute approximate surface area is 139 Å². The van der Waals surface area contributed by atoms with Crippen molar-refractivity contribution < 1.29 is 8.42 Å². The van der Waals surface area contributed by atoms with E-state index in [2.05, 4.69) is 23.7 Å². The van der Waals surface area contributed by atoms with Crippen LogP contribution in [0, 0.1) is 11.8 Å². The van der Waals surface area contributed by atoms with Gasteiger partial charge in [0.25, 0.3) is 10.0 Å². The van der Waals surface area contributed by atoms with Crippen LogP contribution in [0.5, 0.6) is 0 Å². The first kappa shape index (κ1) is 16.9. The quantitative estimate of drug-likeness (QED) is 0.816. The van der Waals surface area contributed by atoms with Gasteiger partial charge >= 0.3 is 0 Å². The topological polar surface area (TPSA) is 58.4 Å². The third-order valence-corrected chi connectivity index (χ3v) is 6.71. The van der Waals surface area contributed by atoms with Crippen molar-refractivity contribution in [1.82, 2.24) is 18.8 Å². The summed E-state index contributed by atoms with van der Waals surface area (Å²) < 4.78 is 29.1. The van der Waals surface area contributed by atoms with E-state index in [1.165, 1.54) is 12.8 Å². The maximum atomic E-state index is 12.9. The molecule has 0 amide bonds. The standard InChI is InChI=1S/C16H28N4O2S/c1-13(2)15-10-20(8-4-7-19(15)9-14-5-6-14)23(21,22)16-11-18(3)12-17-16/h11-15H,4-10H2,1-3H3/t15-/m1/s1. The highest BCUT2D eigenvalue weighted by molar-refractivity contribution is 7.89. The molecule has 0 bridgehead atoms. The molecule has 2 heterocycles. The van der Waals surface area contributed by atoms with Crippen molar-refractivity contribution in [1.29, 1.82) is 0 Å². The second kappa shape index (κ2) is 6.53. The summed E-state index contributed by atoms with van der Waals surface area (Å²) in [5.74, 6) is 1.27. The van der Waals surface area contributed by atoms with Crippen molar-refractivity contribution in [3.8, 4) is 0 Å². The number of rotatable bonds is 5. The molecule has 0 radical (unpaired) electrons. The van der Waals surface area contributed by atoms with Gasteiger partial charge in [-0.15, -0.1) is 0 Å². The van der Waals surface area contributed by atoms with Gasteiger partial charge in [0.05, 0.1) is 6.33 Å². The van der Waals surface area contributed by atoms with Gasteiger partial charge in [0.1, 0.15) is 0 Å². The predicted molar refractivity (Wildman–Crippen MR) is 89.5 cm³/mol. The van der Waals surface area contributed by atoms with E-state index in [-0.39, 0.29) is 11.1 Å². The Kier molecular flexibility index (Phi) is 4.80. The van der Waals surface area contributed by atoms with Crippen molar-refractivity contribution in [3.05, 3.63) is 12.5 Å². The van der Waals surface area contributed by atoms with Crippen LogP contribution in [0.25, 0.3) is 0 Å². The summed E-state index contributed by atoms with van der Waals surface area (Å²) in [6.07, 6.45) is 6.69. The van der Waals surface area contributed by atoms with Gasteiger partial charge in [0, 0.05) is 38.9 Å². The van der Waals surface area contributed by atoms with E-state index in [1.807, 2.05) is 0 Å². The van der Waals surface area contributed by atoms with Crippen LogP contribution in [0.15, 0.2) is 17.6 Å². The molecule has 1 aliphatic heterocycles. The van der Waals surface area contributed by atoms with E-state index in [0.29, 0.717) is 19.0 Å². The van der Waals surface area contributed by atoms with Gasteiger partial charge in [-0.25, -0.2) is 13.4 Å². The monoisotopic (exact) mass is 340 g/mol. The second-order valence-electron chi connectivity index (χ2n) is 7.34. The summed E-state index contributed by atoms with van der Waals surface area (Å²) in [6.45, 7) is 7.67. The average Bonchev–Trinajstić information content (AvgIpc) is 3.23. The summed E-state index contributed by atoms with van der Waals surface area (Å²) in [6, 6.07) is 0.289. The van der Waals surface area contributed by atoms with Gasteiger partial charge in [0.15, 0.2) is 5.03 Å². The molecular weight excluding hydrogens is 312 g/mol. The number of aryl methyl sites for hydroxylation is 1. The minimum Gasteiger partial charge on any atom is -0.339 e. The maximum Gasteiger partial charge on any atom is 0.262 e. The van der Waals surface area contributed by atoms with E-state index in [4.69, 9.17) is 0 Å². The number of hydrogen-bond donors (Lipinski definition) is 0. The Hall–Kier alpha value is -0.920. The molecule has 0 N–H and O–H groups in total. The lowest BCUT2D eigenvalue weighted by atomic mass is 10.0. The first-order valence-corrected chi connectivity index (χ1v) is 10.0.